The van der Waals surface area contributed by atoms with E-state index in [1.54, 1.807) is 0 Å². The number of carbonyl (C=O) groups excluding carboxylic acids is 1. The van der Waals surface area contributed by atoms with Crippen molar-refractivity contribution in [2.75, 3.05) is 20.1 Å². The number of hydrogen-bond acceptors (Lipinski definition) is 3. The number of rotatable bonds is 3. The zero-order valence-corrected chi connectivity index (χ0v) is 10.6. The number of alkyl halides is 1. The molecule has 1 aliphatic rings. The molecular formula is C14H18FNO2. The van der Waals surface area contributed by atoms with Gasteiger partial charge in [0.25, 0.3) is 0 Å². The highest BCUT2D eigenvalue weighted by molar-refractivity contribution is 5.79. The summed E-state index contributed by atoms with van der Waals surface area (Å²) in [5, 5.41) is 0. The molecule has 0 atom stereocenters. The fraction of sp³-hybridized carbons (Fsp3) is 0.500. The Bertz CT molecular complexity index is 400. The Kier molecular flexibility index (Phi) is 3.97. The van der Waals surface area contributed by atoms with Gasteiger partial charge in [0.2, 0.25) is 5.67 Å². The highest BCUT2D eigenvalue weighted by Gasteiger charge is 2.42. The van der Waals surface area contributed by atoms with Crippen molar-refractivity contribution >= 4 is 5.97 Å². The van der Waals surface area contributed by atoms with Crippen LogP contribution in [0.1, 0.15) is 18.4 Å². The Morgan fingerprint density at radius 1 is 1.33 bits per heavy atom. The van der Waals surface area contributed by atoms with Crippen LogP contribution in [0.15, 0.2) is 30.3 Å². The van der Waals surface area contributed by atoms with Gasteiger partial charge in [0.1, 0.15) is 6.61 Å². The summed E-state index contributed by atoms with van der Waals surface area (Å²) < 4.78 is 19.4. The maximum atomic E-state index is 14.3. The van der Waals surface area contributed by atoms with Crippen LogP contribution in [0, 0.1) is 0 Å². The molecular weight excluding hydrogens is 233 g/mol. The third-order valence-corrected chi connectivity index (χ3v) is 3.36. The number of nitrogens with zero attached hydrogens (tertiary/aromatic N) is 1. The van der Waals surface area contributed by atoms with Crippen LogP contribution in [0.3, 0.4) is 0 Å². The van der Waals surface area contributed by atoms with Crippen molar-refractivity contribution in [3.05, 3.63) is 35.9 Å². The molecule has 18 heavy (non-hydrogen) atoms. The highest BCUT2D eigenvalue weighted by Crippen LogP contribution is 2.27. The molecule has 0 N–H and O–H groups in total. The molecule has 0 radical (unpaired) electrons. The number of halogens is 1. The number of piperidine rings is 1. The normalized spacial score (nSPS) is 19.4. The number of ether oxygens (including phenoxy) is 1. The minimum Gasteiger partial charge on any atom is -0.458 e. The first-order valence-electron chi connectivity index (χ1n) is 6.19. The Morgan fingerprint density at radius 3 is 2.56 bits per heavy atom. The van der Waals surface area contributed by atoms with Crippen molar-refractivity contribution in [3.63, 3.8) is 0 Å². The van der Waals surface area contributed by atoms with E-state index in [9.17, 15) is 9.18 Å². The minimum absolute atomic E-state index is 0.140. The summed E-state index contributed by atoms with van der Waals surface area (Å²) in [4.78, 5) is 13.8. The maximum Gasteiger partial charge on any atom is 0.344 e. The van der Waals surface area contributed by atoms with Crippen molar-refractivity contribution in [3.8, 4) is 0 Å². The molecule has 4 heteroatoms. The molecule has 1 saturated heterocycles. The molecule has 2 rings (SSSR count). The smallest absolute Gasteiger partial charge is 0.344 e. The number of carbonyl (C=O) groups is 1. The molecule has 0 bridgehead atoms. The molecule has 0 spiro atoms. The summed E-state index contributed by atoms with van der Waals surface area (Å²) in [6.45, 7) is 1.33. The van der Waals surface area contributed by atoms with Crippen LogP contribution in [0.5, 0.6) is 0 Å². The molecule has 0 saturated carbocycles. The lowest BCUT2D eigenvalue weighted by molar-refractivity contribution is -0.162. The van der Waals surface area contributed by atoms with E-state index in [0.29, 0.717) is 13.1 Å². The summed E-state index contributed by atoms with van der Waals surface area (Å²) in [6.07, 6.45) is 0.439. The summed E-state index contributed by atoms with van der Waals surface area (Å²) in [5.41, 5.74) is -0.927. The van der Waals surface area contributed by atoms with Gasteiger partial charge < -0.3 is 9.64 Å². The standard InChI is InChI=1S/C14H18FNO2/c1-16-9-7-14(15,8-10-16)13(17)18-11-12-5-3-2-4-6-12/h2-6H,7-11H2,1H3. The Hall–Kier alpha value is -1.42. The first-order chi connectivity index (χ1) is 8.60. The quantitative estimate of drug-likeness (QED) is 0.771. The molecule has 0 amide bonds. The molecule has 3 nitrogen and oxygen atoms in total. The van der Waals surface area contributed by atoms with Crippen LogP contribution < -0.4 is 0 Å². The van der Waals surface area contributed by atoms with Gasteiger partial charge in [-0.2, -0.15) is 0 Å². The molecule has 0 aliphatic carbocycles. The van der Waals surface area contributed by atoms with Crippen molar-refractivity contribution < 1.29 is 13.9 Å². The number of benzene rings is 1. The third-order valence-electron chi connectivity index (χ3n) is 3.36. The molecule has 1 aromatic carbocycles. The van der Waals surface area contributed by atoms with E-state index in [1.807, 2.05) is 42.3 Å². The second-order valence-corrected chi connectivity index (χ2v) is 4.83. The van der Waals surface area contributed by atoms with Crippen LogP contribution >= 0.6 is 0 Å². The molecule has 1 heterocycles. The van der Waals surface area contributed by atoms with Gasteiger partial charge in [-0.25, -0.2) is 9.18 Å². The molecule has 0 unspecified atom stereocenters. The average Bonchev–Trinajstić information content (AvgIpc) is 2.41. The van der Waals surface area contributed by atoms with E-state index >= 15 is 0 Å². The minimum atomic E-state index is -1.80. The average molecular weight is 251 g/mol. The summed E-state index contributed by atoms with van der Waals surface area (Å²) >= 11 is 0. The lowest BCUT2D eigenvalue weighted by Gasteiger charge is -2.32. The summed E-state index contributed by atoms with van der Waals surface area (Å²) in [5.74, 6) is -0.723. The SMILES string of the molecule is CN1CCC(F)(C(=O)OCc2ccccc2)CC1. The van der Waals surface area contributed by atoms with Gasteiger partial charge in [-0.1, -0.05) is 30.3 Å². The fourth-order valence-electron chi connectivity index (χ4n) is 2.03. The fourth-order valence-corrected chi connectivity index (χ4v) is 2.03. The molecule has 1 aliphatic heterocycles. The van der Waals surface area contributed by atoms with Crippen LogP contribution in [0.2, 0.25) is 0 Å². The number of likely N-dealkylation sites (tertiary alicyclic amines) is 1. The van der Waals surface area contributed by atoms with E-state index in [4.69, 9.17) is 4.74 Å². The Labute approximate surface area is 107 Å². The predicted molar refractivity (Wildman–Crippen MR) is 66.8 cm³/mol. The van der Waals surface area contributed by atoms with Crippen LogP contribution in [-0.4, -0.2) is 36.7 Å². The first-order valence-corrected chi connectivity index (χ1v) is 6.19. The van der Waals surface area contributed by atoms with E-state index < -0.39 is 11.6 Å². The topological polar surface area (TPSA) is 29.5 Å². The lowest BCUT2D eigenvalue weighted by Crippen LogP contribution is -2.45. The zero-order valence-electron chi connectivity index (χ0n) is 10.6. The molecule has 1 fully saturated rings. The van der Waals surface area contributed by atoms with E-state index in [0.717, 1.165) is 5.56 Å². The van der Waals surface area contributed by atoms with Gasteiger partial charge in [0.05, 0.1) is 0 Å². The first kappa shape index (κ1) is 13.0. The molecule has 98 valence electrons. The Morgan fingerprint density at radius 2 is 1.94 bits per heavy atom. The number of esters is 1. The van der Waals surface area contributed by atoms with Crippen LogP contribution in [-0.2, 0) is 16.1 Å². The van der Waals surface area contributed by atoms with Gasteiger partial charge >= 0.3 is 5.97 Å². The van der Waals surface area contributed by atoms with Crippen molar-refractivity contribution in [2.24, 2.45) is 0 Å². The zero-order chi connectivity index (χ0) is 13.0. The Balaban J connectivity index is 1.88. The van der Waals surface area contributed by atoms with Crippen molar-refractivity contribution in [1.29, 1.82) is 0 Å². The van der Waals surface area contributed by atoms with Gasteiger partial charge in [-0.05, 0) is 12.6 Å². The van der Waals surface area contributed by atoms with Crippen molar-refractivity contribution in [2.45, 2.75) is 25.1 Å². The monoisotopic (exact) mass is 251 g/mol. The van der Waals surface area contributed by atoms with E-state index in [-0.39, 0.29) is 19.4 Å². The van der Waals surface area contributed by atoms with Gasteiger partial charge in [-0.15, -0.1) is 0 Å². The largest absolute Gasteiger partial charge is 0.458 e. The van der Waals surface area contributed by atoms with Crippen molar-refractivity contribution in [1.82, 2.24) is 4.90 Å². The van der Waals surface area contributed by atoms with Crippen LogP contribution in [0.4, 0.5) is 4.39 Å². The second kappa shape index (κ2) is 5.48. The van der Waals surface area contributed by atoms with E-state index in [1.165, 1.54) is 0 Å². The van der Waals surface area contributed by atoms with Gasteiger partial charge in [0.15, 0.2) is 0 Å². The second-order valence-electron chi connectivity index (χ2n) is 4.83. The highest BCUT2D eigenvalue weighted by atomic mass is 19.1. The molecule has 1 aromatic rings. The van der Waals surface area contributed by atoms with Crippen LogP contribution in [0.25, 0.3) is 0 Å². The van der Waals surface area contributed by atoms with E-state index in [2.05, 4.69) is 0 Å². The summed E-state index contributed by atoms with van der Waals surface area (Å²) in [6, 6.07) is 9.33. The predicted octanol–water partition coefficient (Wildman–Crippen LogP) is 2.16. The summed E-state index contributed by atoms with van der Waals surface area (Å²) in [7, 11) is 1.93. The maximum absolute atomic E-state index is 14.3. The molecule has 0 aromatic heterocycles. The number of hydrogen-bond donors (Lipinski definition) is 0. The lowest BCUT2D eigenvalue weighted by atomic mass is 9.94. The van der Waals surface area contributed by atoms with Gasteiger partial charge in [-0.3, -0.25) is 0 Å². The van der Waals surface area contributed by atoms with Gasteiger partial charge in [0, 0.05) is 25.9 Å². The third kappa shape index (κ3) is 3.07.